The van der Waals surface area contributed by atoms with Gasteiger partial charge in [0, 0.05) is 16.9 Å². The predicted molar refractivity (Wildman–Crippen MR) is 110 cm³/mol. The van der Waals surface area contributed by atoms with Crippen molar-refractivity contribution in [2.24, 2.45) is 0 Å². The fourth-order valence-electron chi connectivity index (χ4n) is 3.10. The first-order valence-corrected chi connectivity index (χ1v) is 9.82. The Kier molecular flexibility index (Phi) is 5.12. The Hall–Kier alpha value is -3.12. The molecule has 1 saturated heterocycles. The zero-order chi connectivity index (χ0) is 19.5. The maximum Gasteiger partial charge on any atom is 0.255 e. The van der Waals surface area contributed by atoms with Crippen molar-refractivity contribution in [1.82, 2.24) is 0 Å². The number of hydrogen-bond donors (Lipinski definition) is 1. The molecule has 0 radical (unpaired) electrons. The lowest BCUT2D eigenvalue weighted by molar-refractivity contribution is -0.115. The van der Waals surface area contributed by atoms with Crippen LogP contribution >= 0.6 is 11.8 Å². The van der Waals surface area contributed by atoms with Crippen molar-refractivity contribution in [1.29, 1.82) is 0 Å². The van der Waals surface area contributed by atoms with Gasteiger partial charge < -0.3 is 5.32 Å². The van der Waals surface area contributed by atoms with Crippen molar-refractivity contribution in [3.05, 3.63) is 95.8 Å². The molecule has 1 atom stereocenters. The maximum absolute atomic E-state index is 13.6. The Morgan fingerprint density at radius 1 is 1.00 bits per heavy atom. The Bertz CT molecular complexity index is 1010. The predicted octanol–water partition coefficient (Wildman–Crippen LogP) is 4.86. The van der Waals surface area contributed by atoms with E-state index in [1.807, 2.05) is 42.5 Å². The molecule has 4 nitrogen and oxygen atoms in total. The highest BCUT2D eigenvalue weighted by Crippen LogP contribution is 2.42. The number of hydrogen-bond acceptors (Lipinski definition) is 3. The van der Waals surface area contributed by atoms with Gasteiger partial charge in [-0.25, -0.2) is 4.39 Å². The minimum absolute atomic E-state index is 0.0537. The second kappa shape index (κ2) is 7.86. The fourth-order valence-corrected chi connectivity index (χ4v) is 4.28. The average Bonchev–Trinajstić information content (AvgIpc) is 3.10. The second-order valence-electron chi connectivity index (χ2n) is 6.35. The van der Waals surface area contributed by atoms with Gasteiger partial charge in [0.2, 0.25) is 5.91 Å². The van der Waals surface area contributed by atoms with Crippen molar-refractivity contribution < 1.29 is 14.0 Å². The summed E-state index contributed by atoms with van der Waals surface area (Å²) in [6.45, 7) is 0. The SMILES string of the molecule is O=C(Nc1ccc(C2SCC(=O)N2c2cccc(F)c2)cc1)c1ccccc1. The van der Waals surface area contributed by atoms with E-state index in [0.29, 0.717) is 22.7 Å². The van der Waals surface area contributed by atoms with Crippen LogP contribution in [0.5, 0.6) is 0 Å². The molecular formula is C22H17FN2O2S. The second-order valence-corrected chi connectivity index (χ2v) is 7.42. The first-order chi connectivity index (χ1) is 13.6. The largest absolute Gasteiger partial charge is 0.322 e. The topological polar surface area (TPSA) is 49.4 Å². The number of nitrogens with zero attached hydrogens (tertiary/aromatic N) is 1. The third-order valence-electron chi connectivity index (χ3n) is 4.44. The Labute approximate surface area is 166 Å². The molecule has 2 amide bonds. The van der Waals surface area contributed by atoms with E-state index in [4.69, 9.17) is 0 Å². The number of thioether (sulfide) groups is 1. The van der Waals surface area contributed by atoms with Gasteiger partial charge in [-0.05, 0) is 48.0 Å². The number of amides is 2. The van der Waals surface area contributed by atoms with Crippen LogP contribution in [0.15, 0.2) is 78.9 Å². The number of carbonyl (C=O) groups is 2. The van der Waals surface area contributed by atoms with E-state index in [-0.39, 0.29) is 23.0 Å². The molecule has 1 aliphatic heterocycles. The van der Waals surface area contributed by atoms with Gasteiger partial charge in [0.05, 0.1) is 5.75 Å². The summed E-state index contributed by atoms with van der Waals surface area (Å²) in [6.07, 6.45) is 0. The van der Waals surface area contributed by atoms with Crippen LogP contribution in [-0.2, 0) is 4.79 Å². The fraction of sp³-hybridized carbons (Fsp3) is 0.0909. The first-order valence-electron chi connectivity index (χ1n) is 8.77. The molecule has 0 spiro atoms. The molecule has 0 bridgehead atoms. The van der Waals surface area contributed by atoms with Gasteiger partial charge in [0.25, 0.3) is 5.91 Å². The molecule has 1 N–H and O–H groups in total. The summed E-state index contributed by atoms with van der Waals surface area (Å²) >= 11 is 1.50. The van der Waals surface area contributed by atoms with Crippen LogP contribution in [0.2, 0.25) is 0 Å². The van der Waals surface area contributed by atoms with Crippen LogP contribution in [0.1, 0.15) is 21.3 Å². The van der Waals surface area contributed by atoms with Crippen LogP contribution in [0.4, 0.5) is 15.8 Å². The van der Waals surface area contributed by atoms with Gasteiger partial charge in [-0.1, -0.05) is 36.4 Å². The molecule has 1 aliphatic rings. The zero-order valence-electron chi connectivity index (χ0n) is 14.8. The van der Waals surface area contributed by atoms with Crippen LogP contribution < -0.4 is 10.2 Å². The lowest BCUT2D eigenvalue weighted by atomic mass is 10.1. The quantitative estimate of drug-likeness (QED) is 0.690. The number of halogens is 1. The smallest absolute Gasteiger partial charge is 0.255 e. The van der Waals surface area contributed by atoms with Crippen molar-refractivity contribution in [2.45, 2.75) is 5.37 Å². The lowest BCUT2D eigenvalue weighted by Crippen LogP contribution is -2.27. The first kappa shape index (κ1) is 18.3. The Balaban J connectivity index is 1.53. The standard InChI is InChI=1S/C22H17FN2O2S/c23-17-7-4-8-19(13-17)25-20(26)14-28-22(25)16-9-11-18(12-10-16)24-21(27)15-5-2-1-3-6-15/h1-13,22H,14H2,(H,24,27). The molecule has 1 heterocycles. The summed E-state index contributed by atoms with van der Waals surface area (Å²) in [5.74, 6) is -0.268. The van der Waals surface area contributed by atoms with E-state index in [1.54, 1.807) is 29.2 Å². The molecule has 0 aromatic heterocycles. The Morgan fingerprint density at radius 2 is 1.75 bits per heavy atom. The van der Waals surface area contributed by atoms with E-state index in [0.717, 1.165) is 5.56 Å². The molecule has 3 aromatic rings. The summed E-state index contributed by atoms with van der Waals surface area (Å²) in [5.41, 5.74) is 2.71. The molecule has 0 aliphatic carbocycles. The molecule has 1 unspecified atom stereocenters. The Morgan fingerprint density at radius 3 is 2.46 bits per heavy atom. The highest BCUT2D eigenvalue weighted by atomic mass is 32.2. The monoisotopic (exact) mass is 392 g/mol. The minimum Gasteiger partial charge on any atom is -0.322 e. The van der Waals surface area contributed by atoms with Crippen LogP contribution in [0.25, 0.3) is 0 Å². The summed E-state index contributed by atoms with van der Waals surface area (Å²) < 4.78 is 13.6. The van der Waals surface area contributed by atoms with Crippen LogP contribution in [0, 0.1) is 5.82 Å². The molecule has 4 rings (SSSR count). The average molecular weight is 392 g/mol. The highest BCUT2D eigenvalue weighted by molar-refractivity contribution is 8.00. The van der Waals surface area contributed by atoms with Crippen molar-refractivity contribution >= 4 is 35.0 Å². The number of carbonyl (C=O) groups excluding carboxylic acids is 2. The third-order valence-corrected chi connectivity index (χ3v) is 5.66. The maximum atomic E-state index is 13.6. The van der Waals surface area contributed by atoms with Gasteiger partial charge >= 0.3 is 0 Å². The van der Waals surface area contributed by atoms with Crippen molar-refractivity contribution in [2.75, 3.05) is 16.0 Å². The molecular weight excluding hydrogens is 375 g/mol. The van der Waals surface area contributed by atoms with Gasteiger partial charge in [0.15, 0.2) is 0 Å². The van der Waals surface area contributed by atoms with E-state index >= 15 is 0 Å². The number of rotatable bonds is 4. The van der Waals surface area contributed by atoms with Gasteiger partial charge in [-0.2, -0.15) is 0 Å². The molecule has 28 heavy (non-hydrogen) atoms. The molecule has 140 valence electrons. The zero-order valence-corrected chi connectivity index (χ0v) is 15.7. The van der Waals surface area contributed by atoms with E-state index < -0.39 is 0 Å². The third kappa shape index (κ3) is 3.77. The van der Waals surface area contributed by atoms with Gasteiger partial charge in [-0.3, -0.25) is 14.5 Å². The van der Waals surface area contributed by atoms with Gasteiger partial charge in [0.1, 0.15) is 11.2 Å². The molecule has 3 aromatic carbocycles. The van der Waals surface area contributed by atoms with Crippen LogP contribution in [-0.4, -0.2) is 17.6 Å². The van der Waals surface area contributed by atoms with Crippen molar-refractivity contribution in [3.8, 4) is 0 Å². The van der Waals surface area contributed by atoms with E-state index in [1.165, 1.54) is 23.9 Å². The lowest BCUT2D eigenvalue weighted by Gasteiger charge is -2.24. The molecule has 1 fully saturated rings. The van der Waals surface area contributed by atoms with Crippen LogP contribution in [0.3, 0.4) is 0 Å². The number of anilines is 2. The molecule has 0 saturated carbocycles. The van der Waals surface area contributed by atoms with Crippen molar-refractivity contribution in [3.63, 3.8) is 0 Å². The highest BCUT2D eigenvalue weighted by Gasteiger charge is 2.34. The summed E-state index contributed by atoms with van der Waals surface area (Å²) in [7, 11) is 0. The van der Waals surface area contributed by atoms with E-state index in [9.17, 15) is 14.0 Å². The normalized spacial score (nSPS) is 16.2. The summed E-state index contributed by atoms with van der Waals surface area (Å²) in [6, 6.07) is 22.4. The summed E-state index contributed by atoms with van der Waals surface area (Å²) in [5, 5.41) is 2.63. The summed E-state index contributed by atoms with van der Waals surface area (Å²) in [4.78, 5) is 26.2. The minimum atomic E-state index is -0.375. The molecule has 6 heteroatoms. The van der Waals surface area contributed by atoms with Gasteiger partial charge in [-0.15, -0.1) is 11.8 Å². The number of benzene rings is 3. The number of nitrogens with one attached hydrogen (secondary N) is 1. The van der Waals surface area contributed by atoms with E-state index in [2.05, 4.69) is 5.32 Å².